The molecule has 3 aromatic heterocycles. The van der Waals surface area contributed by atoms with Crippen LogP contribution < -0.4 is 4.90 Å². The van der Waals surface area contributed by atoms with Crippen LogP contribution in [-0.4, -0.2) is 26.6 Å². The van der Waals surface area contributed by atoms with Gasteiger partial charge in [0.15, 0.2) is 5.16 Å². The van der Waals surface area contributed by atoms with E-state index in [2.05, 4.69) is 26.1 Å². The van der Waals surface area contributed by atoms with E-state index in [1.165, 1.54) is 5.56 Å². The maximum absolute atomic E-state index is 4.54. The molecule has 0 radical (unpaired) electrons. The molecule has 0 amide bonds. The molecule has 0 spiro atoms. The fourth-order valence-corrected chi connectivity index (χ4v) is 3.21. The zero-order valence-corrected chi connectivity index (χ0v) is 14.6. The highest BCUT2D eigenvalue weighted by molar-refractivity contribution is 7.98. The van der Waals surface area contributed by atoms with Gasteiger partial charge in [-0.2, -0.15) is 0 Å². The lowest BCUT2D eigenvalue weighted by Gasteiger charge is -2.21. The summed E-state index contributed by atoms with van der Waals surface area (Å²) >= 11 is 1.70. The molecule has 0 aliphatic rings. The summed E-state index contributed by atoms with van der Waals surface area (Å²) in [5, 5.41) is 0.961. The SMILES string of the molecule is C=C(c1cnc(SCc2ccncc2)n1C)N(C)c1cccnc1. The van der Waals surface area contributed by atoms with E-state index in [4.69, 9.17) is 0 Å². The smallest absolute Gasteiger partial charge is 0.168 e. The molecular formula is C18H19N5S. The lowest BCUT2D eigenvalue weighted by Crippen LogP contribution is -2.16. The Balaban J connectivity index is 1.73. The Labute approximate surface area is 146 Å². The second-order valence-electron chi connectivity index (χ2n) is 5.35. The Morgan fingerprint density at radius 3 is 2.67 bits per heavy atom. The summed E-state index contributed by atoms with van der Waals surface area (Å²) < 4.78 is 2.07. The van der Waals surface area contributed by atoms with E-state index >= 15 is 0 Å². The Kier molecular flexibility index (Phi) is 4.96. The summed E-state index contributed by atoms with van der Waals surface area (Å²) in [5.41, 5.74) is 4.09. The number of hydrogen-bond donors (Lipinski definition) is 0. The molecular weight excluding hydrogens is 318 g/mol. The summed E-state index contributed by atoms with van der Waals surface area (Å²) in [7, 11) is 4.00. The minimum Gasteiger partial charge on any atom is -0.342 e. The standard InChI is InChI=1S/C18H19N5S/c1-14(22(2)16-5-4-8-20-11-16)17-12-21-18(23(17)3)24-13-15-6-9-19-10-7-15/h4-12H,1,13H2,2-3H3. The fourth-order valence-electron chi connectivity index (χ4n) is 2.30. The Hall–Kier alpha value is -2.60. The molecule has 0 bridgehead atoms. The van der Waals surface area contributed by atoms with Gasteiger partial charge in [-0.15, -0.1) is 0 Å². The van der Waals surface area contributed by atoms with E-state index < -0.39 is 0 Å². The largest absolute Gasteiger partial charge is 0.342 e. The zero-order valence-electron chi connectivity index (χ0n) is 13.8. The molecule has 5 nitrogen and oxygen atoms in total. The number of thioether (sulfide) groups is 1. The van der Waals surface area contributed by atoms with Gasteiger partial charge in [-0.05, 0) is 29.8 Å². The molecule has 6 heteroatoms. The van der Waals surface area contributed by atoms with Crippen molar-refractivity contribution in [3.05, 3.63) is 73.1 Å². The third-order valence-electron chi connectivity index (χ3n) is 3.80. The van der Waals surface area contributed by atoms with E-state index in [9.17, 15) is 0 Å². The molecule has 24 heavy (non-hydrogen) atoms. The average molecular weight is 337 g/mol. The second-order valence-corrected chi connectivity index (χ2v) is 6.29. The zero-order chi connectivity index (χ0) is 16.9. The topological polar surface area (TPSA) is 46.8 Å². The molecule has 0 aliphatic heterocycles. The van der Waals surface area contributed by atoms with Gasteiger partial charge < -0.3 is 9.47 Å². The van der Waals surface area contributed by atoms with Crippen molar-refractivity contribution in [2.24, 2.45) is 7.05 Å². The monoisotopic (exact) mass is 337 g/mol. The van der Waals surface area contributed by atoms with Crippen LogP contribution in [0.15, 0.2) is 67.0 Å². The first-order valence-corrected chi connectivity index (χ1v) is 8.52. The quantitative estimate of drug-likeness (QED) is 0.643. The Morgan fingerprint density at radius 2 is 1.96 bits per heavy atom. The van der Waals surface area contributed by atoms with Gasteiger partial charge in [0.25, 0.3) is 0 Å². The van der Waals surface area contributed by atoms with Crippen molar-refractivity contribution in [1.29, 1.82) is 0 Å². The van der Waals surface area contributed by atoms with E-state index in [1.54, 1.807) is 18.0 Å². The molecule has 0 N–H and O–H groups in total. The molecule has 3 rings (SSSR count). The van der Waals surface area contributed by atoms with Crippen molar-refractivity contribution in [3.8, 4) is 0 Å². The Bertz CT molecular complexity index is 814. The predicted molar refractivity (Wildman–Crippen MR) is 98.7 cm³/mol. The van der Waals surface area contributed by atoms with E-state index in [1.807, 2.05) is 68.0 Å². The number of hydrogen-bond acceptors (Lipinski definition) is 5. The summed E-state index contributed by atoms with van der Waals surface area (Å²) in [4.78, 5) is 14.7. The highest BCUT2D eigenvalue weighted by Gasteiger charge is 2.14. The Morgan fingerprint density at radius 1 is 1.17 bits per heavy atom. The molecule has 0 aromatic carbocycles. The van der Waals surface area contributed by atoms with Gasteiger partial charge >= 0.3 is 0 Å². The van der Waals surface area contributed by atoms with Crippen LogP contribution in [0.5, 0.6) is 0 Å². The van der Waals surface area contributed by atoms with Crippen LogP contribution in [0.2, 0.25) is 0 Å². The summed E-state index contributed by atoms with van der Waals surface area (Å²) in [6.45, 7) is 4.21. The molecule has 0 aliphatic carbocycles. The van der Waals surface area contributed by atoms with Gasteiger partial charge in [0.2, 0.25) is 0 Å². The van der Waals surface area contributed by atoms with Crippen LogP contribution in [0.3, 0.4) is 0 Å². The third-order valence-corrected chi connectivity index (χ3v) is 4.91. The first kappa shape index (κ1) is 16.3. The van der Waals surface area contributed by atoms with Gasteiger partial charge in [0.1, 0.15) is 0 Å². The lowest BCUT2D eigenvalue weighted by atomic mass is 10.3. The summed E-state index contributed by atoms with van der Waals surface area (Å²) in [6, 6.07) is 7.96. The summed E-state index contributed by atoms with van der Waals surface area (Å²) in [5.74, 6) is 0.859. The number of rotatable bonds is 6. The van der Waals surface area contributed by atoms with Crippen molar-refractivity contribution in [1.82, 2.24) is 19.5 Å². The molecule has 122 valence electrons. The number of imidazole rings is 1. The van der Waals surface area contributed by atoms with Gasteiger partial charge in [-0.1, -0.05) is 18.3 Å². The minimum absolute atomic E-state index is 0.859. The van der Waals surface area contributed by atoms with Crippen LogP contribution in [0.4, 0.5) is 5.69 Å². The average Bonchev–Trinajstić information content (AvgIpc) is 3.01. The van der Waals surface area contributed by atoms with Crippen molar-refractivity contribution in [2.75, 3.05) is 11.9 Å². The molecule has 0 unspecified atom stereocenters. The van der Waals surface area contributed by atoms with Crippen molar-refractivity contribution in [3.63, 3.8) is 0 Å². The van der Waals surface area contributed by atoms with Crippen LogP contribution in [0, 0.1) is 0 Å². The van der Waals surface area contributed by atoms with Gasteiger partial charge in [0.05, 0.1) is 29.5 Å². The third kappa shape index (κ3) is 3.49. The number of aromatic nitrogens is 4. The van der Waals surface area contributed by atoms with Gasteiger partial charge in [0, 0.05) is 38.4 Å². The van der Waals surface area contributed by atoms with Gasteiger partial charge in [-0.25, -0.2) is 4.98 Å². The van der Waals surface area contributed by atoms with E-state index in [0.717, 1.165) is 28.0 Å². The normalized spacial score (nSPS) is 10.6. The molecule has 3 heterocycles. The first-order valence-electron chi connectivity index (χ1n) is 7.53. The van der Waals surface area contributed by atoms with Crippen LogP contribution in [-0.2, 0) is 12.8 Å². The highest BCUT2D eigenvalue weighted by atomic mass is 32.2. The van der Waals surface area contributed by atoms with Crippen molar-refractivity contribution in [2.45, 2.75) is 10.9 Å². The second kappa shape index (κ2) is 7.31. The van der Waals surface area contributed by atoms with Crippen LogP contribution >= 0.6 is 11.8 Å². The number of nitrogens with zero attached hydrogens (tertiary/aromatic N) is 5. The van der Waals surface area contributed by atoms with Crippen LogP contribution in [0.25, 0.3) is 5.70 Å². The molecule has 3 aromatic rings. The maximum Gasteiger partial charge on any atom is 0.168 e. The van der Waals surface area contributed by atoms with Crippen LogP contribution in [0.1, 0.15) is 11.3 Å². The van der Waals surface area contributed by atoms with E-state index in [0.29, 0.717) is 0 Å². The molecule has 0 saturated heterocycles. The fraction of sp³-hybridized carbons (Fsp3) is 0.167. The van der Waals surface area contributed by atoms with E-state index in [-0.39, 0.29) is 0 Å². The molecule has 0 atom stereocenters. The highest BCUT2D eigenvalue weighted by Crippen LogP contribution is 2.27. The first-order chi connectivity index (χ1) is 11.7. The van der Waals surface area contributed by atoms with Crippen molar-refractivity contribution >= 4 is 23.1 Å². The lowest BCUT2D eigenvalue weighted by molar-refractivity contribution is 0.777. The number of pyridine rings is 2. The molecule has 0 fully saturated rings. The van der Waals surface area contributed by atoms with Crippen molar-refractivity contribution < 1.29 is 0 Å². The number of anilines is 1. The predicted octanol–water partition coefficient (Wildman–Crippen LogP) is 3.61. The van der Waals surface area contributed by atoms with Gasteiger partial charge in [-0.3, -0.25) is 9.97 Å². The molecule has 0 saturated carbocycles. The maximum atomic E-state index is 4.54. The summed E-state index contributed by atoms with van der Waals surface area (Å²) in [6.07, 6.45) is 9.07. The minimum atomic E-state index is 0.859.